The lowest BCUT2D eigenvalue weighted by Gasteiger charge is -2.10. The molecular weight excluding hydrogens is 328 g/mol. The Labute approximate surface area is 154 Å². The fourth-order valence-corrected chi connectivity index (χ4v) is 2.41. The third kappa shape index (κ3) is 5.48. The van der Waals surface area contributed by atoms with E-state index < -0.39 is 0 Å². The monoisotopic (exact) mass is 352 g/mol. The van der Waals surface area contributed by atoms with Crippen LogP contribution in [0.3, 0.4) is 0 Å². The van der Waals surface area contributed by atoms with Crippen LogP contribution in [0.4, 0.5) is 5.69 Å². The molecule has 5 nitrogen and oxygen atoms in total. The molecule has 0 radical (unpaired) electrons. The normalized spacial score (nSPS) is 10.5. The number of benzene rings is 2. The van der Waals surface area contributed by atoms with Crippen LogP contribution in [-0.4, -0.2) is 25.5 Å². The van der Waals surface area contributed by atoms with Crippen molar-refractivity contribution < 1.29 is 14.3 Å². The largest absolute Gasteiger partial charge is 0.496 e. The Morgan fingerprint density at radius 2 is 1.81 bits per heavy atom. The summed E-state index contributed by atoms with van der Waals surface area (Å²) in [6, 6.07) is 14.4. The summed E-state index contributed by atoms with van der Waals surface area (Å²) in [5, 5.41) is 5.62. The van der Waals surface area contributed by atoms with Crippen molar-refractivity contribution in [2.24, 2.45) is 0 Å². The van der Waals surface area contributed by atoms with Crippen molar-refractivity contribution in [2.75, 3.05) is 19.0 Å². The lowest BCUT2D eigenvalue weighted by atomic mass is 10.1. The van der Waals surface area contributed by atoms with E-state index in [1.165, 1.54) is 6.08 Å². The predicted molar refractivity (Wildman–Crippen MR) is 104 cm³/mol. The van der Waals surface area contributed by atoms with Gasteiger partial charge in [0.2, 0.25) is 5.91 Å². The smallest absolute Gasteiger partial charge is 0.253 e. The maximum Gasteiger partial charge on any atom is 0.253 e. The molecule has 136 valence electrons. The van der Waals surface area contributed by atoms with Crippen LogP contribution in [-0.2, 0) is 4.79 Å². The van der Waals surface area contributed by atoms with Gasteiger partial charge < -0.3 is 15.4 Å². The zero-order valence-electron chi connectivity index (χ0n) is 15.1. The Morgan fingerprint density at radius 1 is 1.08 bits per heavy atom. The van der Waals surface area contributed by atoms with E-state index >= 15 is 0 Å². The fourth-order valence-electron chi connectivity index (χ4n) is 2.41. The summed E-state index contributed by atoms with van der Waals surface area (Å²) in [5.74, 6) is 0.181. The summed E-state index contributed by atoms with van der Waals surface area (Å²) >= 11 is 0. The van der Waals surface area contributed by atoms with Crippen LogP contribution in [0.15, 0.2) is 54.6 Å². The molecule has 26 heavy (non-hydrogen) atoms. The number of nitrogens with one attached hydrogen (secondary N) is 2. The first-order valence-electron chi connectivity index (χ1n) is 8.65. The minimum Gasteiger partial charge on any atom is -0.496 e. The van der Waals surface area contributed by atoms with Crippen molar-refractivity contribution in [3.63, 3.8) is 0 Å². The topological polar surface area (TPSA) is 67.4 Å². The van der Waals surface area contributed by atoms with Crippen LogP contribution in [0.1, 0.15) is 35.7 Å². The molecule has 2 N–H and O–H groups in total. The summed E-state index contributed by atoms with van der Waals surface area (Å²) in [7, 11) is 1.58. The van der Waals surface area contributed by atoms with Gasteiger partial charge in [-0.25, -0.2) is 0 Å². The van der Waals surface area contributed by atoms with Gasteiger partial charge in [0.25, 0.3) is 5.91 Å². The first kappa shape index (κ1) is 19.2. The van der Waals surface area contributed by atoms with Crippen molar-refractivity contribution in [1.29, 1.82) is 0 Å². The molecule has 2 amide bonds. The van der Waals surface area contributed by atoms with E-state index in [9.17, 15) is 9.59 Å². The number of carbonyl (C=O) groups excluding carboxylic acids is 2. The van der Waals surface area contributed by atoms with Crippen molar-refractivity contribution in [2.45, 2.75) is 19.8 Å². The highest BCUT2D eigenvalue weighted by Gasteiger charge is 2.11. The number of amides is 2. The Kier molecular flexibility index (Phi) is 7.43. The van der Waals surface area contributed by atoms with Gasteiger partial charge >= 0.3 is 0 Å². The van der Waals surface area contributed by atoms with E-state index in [-0.39, 0.29) is 11.8 Å². The minimum absolute atomic E-state index is 0.192. The lowest BCUT2D eigenvalue weighted by Crippen LogP contribution is -2.25. The summed E-state index contributed by atoms with van der Waals surface area (Å²) in [6.07, 6.45) is 5.02. The number of rotatable bonds is 8. The second-order valence-corrected chi connectivity index (χ2v) is 5.72. The molecule has 0 bridgehead atoms. The molecule has 0 saturated heterocycles. The van der Waals surface area contributed by atoms with Gasteiger partial charge in [-0.1, -0.05) is 43.7 Å². The van der Waals surface area contributed by atoms with Gasteiger partial charge in [0.15, 0.2) is 0 Å². The van der Waals surface area contributed by atoms with E-state index in [0.29, 0.717) is 23.5 Å². The average molecular weight is 352 g/mol. The number of unbranched alkanes of at least 4 members (excludes halogenated alkanes) is 1. The Balaban J connectivity index is 2.07. The van der Waals surface area contributed by atoms with Gasteiger partial charge in [-0.3, -0.25) is 9.59 Å². The van der Waals surface area contributed by atoms with Crippen LogP contribution < -0.4 is 15.4 Å². The van der Waals surface area contributed by atoms with Crippen LogP contribution in [0.5, 0.6) is 5.75 Å². The lowest BCUT2D eigenvalue weighted by molar-refractivity contribution is -0.111. The second kappa shape index (κ2) is 10.0. The second-order valence-electron chi connectivity index (χ2n) is 5.72. The number of hydrogen-bond donors (Lipinski definition) is 2. The van der Waals surface area contributed by atoms with Gasteiger partial charge in [0.1, 0.15) is 5.75 Å². The number of carbonyl (C=O) groups is 2. The highest BCUT2D eigenvalue weighted by Crippen LogP contribution is 2.19. The molecule has 5 heteroatoms. The van der Waals surface area contributed by atoms with Crippen molar-refractivity contribution >= 4 is 23.6 Å². The molecule has 2 rings (SSSR count). The molecule has 0 fully saturated rings. The number of hydrogen-bond acceptors (Lipinski definition) is 3. The molecular formula is C21H24N2O3. The van der Waals surface area contributed by atoms with E-state index in [4.69, 9.17) is 4.74 Å². The maximum atomic E-state index is 12.3. The Hall–Kier alpha value is -3.08. The quantitative estimate of drug-likeness (QED) is 0.560. The molecule has 0 atom stereocenters. The van der Waals surface area contributed by atoms with E-state index in [1.54, 1.807) is 37.5 Å². The fraction of sp³-hybridized carbons (Fsp3) is 0.238. The first-order chi connectivity index (χ1) is 12.7. The zero-order chi connectivity index (χ0) is 18.8. The predicted octanol–water partition coefficient (Wildman–Crippen LogP) is 3.88. The third-order valence-corrected chi connectivity index (χ3v) is 3.80. The molecule has 0 aliphatic carbocycles. The van der Waals surface area contributed by atoms with E-state index in [2.05, 4.69) is 17.6 Å². The number of anilines is 1. The Morgan fingerprint density at radius 3 is 2.58 bits per heavy atom. The molecule has 0 unspecified atom stereocenters. The number of methoxy groups -OCH3 is 1. The third-order valence-electron chi connectivity index (χ3n) is 3.80. The number of para-hydroxylation sites is 2. The highest BCUT2D eigenvalue weighted by atomic mass is 16.5. The zero-order valence-corrected chi connectivity index (χ0v) is 15.1. The van der Waals surface area contributed by atoms with Crippen molar-refractivity contribution in [3.05, 3.63) is 65.7 Å². The molecule has 2 aromatic carbocycles. The number of ether oxygens (including phenoxy) is 1. The Bertz CT molecular complexity index is 784. The summed E-state index contributed by atoms with van der Waals surface area (Å²) in [4.78, 5) is 24.5. The molecule has 0 aliphatic rings. The van der Waals surface area contributed by atoms with Crippen LogP contribution in [0, 0.1) is 0 Å². The SMILES string of the molecule is CCCCNC(=O)c1ccccc1NC(=O)/C=C/c1ccccc1OC. The van der Waals surface area contributed by atoms with Gasteiger partial charge in [0.05, 0.1) is 18.4 Å². The minimum atomic E-state index is -0.315. The van der Waals surface area contributed by atoms with Crippen molar-refractivity contribution in [1.82, 2.24) is 5.32 Å². The molecule has 0 spiro atoms. The van der Waals surface area contributed by atoms with E-state index in [1.807, 2.05) is 24.3 Å². The molecule has 0 saturated carbocycles. The van der Waals surface area contributed by atoms with E-state index in [0.717, 1.165) is 18.4 Å². The molecule has 0 heterocycles. The van der Waals surface area contributed by atoms with Gasteiger partial charge in [-0.15, -0.1) is 0 Å². The van der Waals surface area contributed by atoms with Crippen LogP contribution in [0.25, 0.3) is 6.08 Å². The standard InChI is InChI=1S/C21H24N2O3/c1-3-4-15-22-21(25)17-10-6-7-11-18(17)23-20(24)14-13-16-9-5-8-12-19(16)26-2/h5-14H,3-4,15H2,1-2H3,(H,22,25)(H,23,24)/b14-13+. The average Bonchev–Trinajstić information content (AvgIpc) is 2.67. The first-order valence-corrected chi connectivity index (χ1v) is 8.65. The maximum absolute atomic E-state index is 12.3. The van der Waals surface area contributed by atoms with Gasteiger partial charge in [-0.2, -0.15) is 0 Å². The highest BCUT2D eigenvalue weighted by molar-refractivity contribution is 6.07. The van der Waals surface area contributed by atoms with Crippen LogP contribution >= 0.6 is 0 Å². The molecule has 2 aromatic rings. The van der Waals surface area contributed by atoms with Gasteiger partial charge in [-0.05, 0) is 30.7 Å². The summed E-state index contributed by atoms with van der Waals surface area (Å²) < 4.78 is 5.26. The molecule has 0 aromatic heterocycles. The summed E-state index contributed by atoms with van der Waals surface area (Å²) in [6.45, 7) is 2.68. The molecule has 0 aliphatic heterocycles. The van der Waals surface area contributed by atoms with Crippen molar-refractivity contribution in [3.8, 4) is 5.75 Å². The van der Waals surface area contributed by atoms with Crippen LogP contribution in [0.2, 0.25) is 0 Å². The van der Waals surface area contributed by atoms with Gasteiger partial charge in [0, 0.05) is 18.2 Å². The summed E-state index contributed by atoms with van der Waals surface area (Å²) in [5.41, 5.74) is 1.73.